The maximum Gasteiger partial charge on any atom is 0.335 e. The molecular weight excluding hydrogens is 552 g/mol. The number of benzene rings is 3. The maximum atomic E-state index is 13.1. The second-order valence-electron chi connectivity index (χ2n) is 7.37. The minimum absolute atomic E-state index is 0.125. The van der Waals surface area contributed by atoms with Gasteiger partial charge in [-0.25, -0.2) is 9.69 Å². The third-order valence-electron chi connectivity index (χ3n) is 5.01. The molecule has 3 aromatic carbocycles. The molecule has 0 unspecified atom stereocenters. The van der Waals surface area contributed by atoms with Crippen molar-refractivity contribution >= 4 is 61.5 Å². The molecule has 0 aliphatic carbocycles. The lowest BCUT2D eigenvalue weighted by molar-refractivity contribution is -0.122. The van der Waals surface area contributed by atoms with Crippen molar-refractivity contribution < 1.29 is 19.1 Å². The van der Waals surface area contributed by atoms with Gasteiger partial charge in [0.25, 0.3) is 11.8 Å². The maximum absolute atomic E-state index is 13.1. The minimum Gasteiger partial charge on any atom is -0.489 e. The molecule has 8 heteroatoms. The summed E-state index contributed by atoms with van der Waals surface area (Å²) in [6, 6.07) is 19.3. The van der Waals surface area contributed by atoms with Gasteiger partial charge in [-0.3, -0.25) is 14.9 Å². The van der Waals surface area contributed by atoms with Crippen LogP contribution < -0.4 is 15.0 Å². The lowest BCUT2D eigenvalue weighted by Gasteiger charge is -2.27. The van der Waals surface area contributed by atoms with Gasteiger partial charge in [0.05, 0.1) is 5.69 Å². The van der Waals surface area contributed by atoms with E-state index in [9.17, 15) is 14.4 Å². The van der Waals surface area contributed by atoms with Gasteiger partial charge < -0.3 is 4.74 Å². The molecule has 6 nitrogen and oxygen atoms in total. The number of halogens is 2. The molecule has 0 radical (unpaired) electrons. The summed E-state index contributed by atoms with van der Waals surface area (Å²) < 4.78 is 7.61. The number of ether oxygens (including phenoxy) is 1. The Hall–Kier alpha value is -3.23. The van der Waals surface area contributed by atoms with Gasteiger partial charge in [-0.05, 0) is 72.2 Å². The molecule has 1 N–H and O–H groups in total. The highest BCUT2D eigenvalue weighted by Crippen LogP contribution is 2.28. The molecule has 4 amide bonds. The topological polar surface area (TPSA) is 75.7 Å². The van der Waals surface area contributed by atoms with Crippen LogP contribution in [0.15, 0.2) is 81.2 Å². The van der Waals surface area contributed by atoms with Gasteiger partial charge in [-0.15, -0.1) is 0 Å². The molecular formula is C25H18Br2N2O4. The first-order valence-corrected chi connectivity index (χ1v) is 11.6. The minimum atomic E-state index is -0.774. The highest BCUT2D eigenvalue weighted by molar-refractivity contribution is 9.10. The summed E-state index contributed by atoms with van der Waals surface area (Å²) in [5.74, 6) is -0.752. The van der Waals surface area contributed by atoms with Gasteiger partial charge in [0.15, 0.2) is 0 Å². The van der Waals surface area contributed by atoms with Crippen molar-refractivity contribution in [1.29, 1.82) is 0 Å². The van der Waals surface area contributed by atoms with Crippen molar-refractivity contribution in [3.63, 3.8) is 0 Å². The number of hydrogen-bond acceptors (Lipinski definition) is 4. The number of imide groups is 2. The van der Waals surface area contributed by atoms with Crippen LogP contribution in [0.1, 0.15) is 16.7 Å². The molecule has 0 atom stereocenters. The highest BCUT2D eigenvalue weighted by atomic mass is 79.9. The molecule has 1 fully saturated rings. The zero-order valence-electron chi connectivity index (χ0n) is 17.5. The first-order valence-electron chi connectivity index (χ1n) is 9.97. The fourth-order valence-electron chi connectivity index (χ4n) is 3.32. The van der Waals surface area contributed by atoms with Crippen molar-refractivity contribution in [2.24, 2.45) is 0 Å². The van der Waals surface area contributed by atoms with Crippen molar-refractivity contribution in [2.45, 2.75) is 13.5 Å². The number of urea groups is 1. The number of rotatable bonds is 5. The summed E-state index contributed by atoms with van der Waals surface area (Å²) in [5.41, 5.74) is 2.67. The van der Waals surface area contributed by atoms with E-state index in [0.29, 0.717) is 29.2 Å². The number of nitrogens with zero attached hydrogens (tertiary/aromatic N) is 1. The Bertz CT molecular complexity index is 1270. The highest BCUT2D eigenvalue weighted by Gasteiger charge is 2.37. The number of hydrogen-bond donors (Lipinski definition) is 1. The van der Waals surface area contributed by atoms with E-state index in [1.165, 1.54) is 6.08 Å². The molecule has 1 aliphatic rings. The lowest BCUT2D eigenvalue weighted by Crippen LogP contribution is -2.54. The van der Waals surface area contributed by atoms with E-state index >= 15 is 0 Å². The third-order valence-corrected chi connectivity index (χ3v) is 6.03. The van der Waals surface area contributed by atoms with Gasteiger partial charge >= 0.3 is 6.03 Å². The predicted octanol–water partition coefficient (Wildman–Crippen LogP) is 5.77. The second-order valence-corrected chi connectivity index (χ2v) is 9.20. The summed E-state index contributed by atoms with van der Waals surface area (Å²) in [6.07, 6.45) is 1.46. The van der Waals surface area contributed by atoms with E-state index in [-0.39, 0.29) is 5.57 Å². The molecule has 166 valence electrons. The van der Waals surface area contributed by atoms with Crippen LogP contribution in [0, 0.1) is 6.92 Å². The lowest BCUT2D eigenvalue weighted by atomic mass is 10.1. The van der Waals surface area contributed by atoms with Crippen molar-refractivity contribution in [2.75, 3.05) is 4.90 Å². The smallest absolute Gasteiger partial charge is 0.335 e. The molecule has 4 rings (SSSR count). The normalized spacial score (nSPS) is 15.1. The zero-order valence-corrected chi connectivity index (χ0v) is 20.6. The number of aryl methyl sites for hydroxylation is 1. The zero-order chi connectivity index (χ0) is 23.5. The molecule has 0 aromatic heterocycles. The summed E-state index contributed by atoms with van der Waals surface area (Å²) in [6.45, 7) is 2.20. The number of amides is 4. The fourth-order valence-corrected chi connectivity index (χ4v) is 4.06. The molecule has 3 aromatic rings. The molecule has 0 saturated carbocycles. The van der Waals surface area contributed by atoms with Gasteiger partial charge in [0, 0.05) is 8.95 Å². The summed E-state index contributed by atoms with van der Waals surface area (Å²) in [4.78, 5) is 38.9. The van der Waals surface area contributed by atoms with E-state index in [0.717, 1.165) is 19.4 Å². The van der Waals surface area contributed by atoms with Gasteiger partial charge in [-0.2, -0.15) is 0 Å². The molecule has 0 bridgehead atoms. The van der Waals surface area contributed by atoms with Crippen LogP contribution in [0.25, 0.3) is 6.08 Å². The Morgan fingerprint density at radius 3 is 2.24 bits per heavy atom. The summed E-state index contributed by atoms with van der Waals surface area (Å²) >= 11 is 6.77. The average Bonchev–Trinajstić information content (AvgIpc) is 2.78. The SMILES string of the molecule is Cc1cc(Br)ccc1N1C(=O)NC(=O)/C(=C/c2ccc(OCc3ccc(Br)cc3)cc2)C1=O. The van der Waals surface area contributed by atoms with Crippen LogP contribution in [-0.4, -0.2) is 17.8 Å². The van der Waals surface area contributed by atoms with E-state index in [2.05, 4.69) is 37.2 Å². The molecule has 1 saturated heterocycles. The van der Waals surface area contributed by atoms with Crippen molar-refractivity contribution in [1.82, 2.24) is 5.32 Å². The number of barbiturate groups is 1. The Balaban J connectivity index is 1.53. The van der Waals surface area contributed by atoms with E-state index < -0.39 is 17.8 Å². The second kappa shape index (κ2) is 9.72. The largest absolute Gasteiger partial charge is 0.489 e. The van der Waals surface area contributed by atoms with Crippen LogP contribution in [-0.2, 0) is 16.2 Å². The number of anilines is 1. The van der Waals surface area contributed by atoms with E-state index in [1.807, 2.05) is 24.3 Å². The van der Waals surface area contributed by atoms with Crippen LogP contribution in [0.3, 0.4) is 0 Å². The standard InChI is InChI=1S/C25H18Br2N2O4/c1-15-12-19(27)8-11-22(15)29-24(31)21(23(30)28-25(29)32)13-16-4-9-20(10-5-16)33-14-17-2-6-18(26)7-3-17/h2-13H,14H2,1H3,(H,28,30,32)/b21-13-. The fraction of sp³-hybridized carbons (Fsp3) is 0.0800. The van der Waals surface area contributed by atoms with Crippen LogP contribution in [0.2, 0.25) is 0 Å². The third kappa shape index (κ3) is 5.23. The molecule has 1 aliphatic heterocycles. The number of carbonyl (C=O) groups excluding carboxylic acids is 3. The number of nitrogens with one attached hydrogen (secondary N) is 1. The number of carbonyl (C=O) groups is 3. The molecule has 0 spiro atoms. The predicted molar refractivity (Wildman–Crippen MR) is 133 cm³/mol. The average molecular weight is 570 g/mol. The Morgan fingerprint density at radius 1 is 0.909 bits per heavy atom. The Morgan fingerprint density at radius 2 is 1.58 bits per heavy atom. The quantitative estimate of drug-likeness (QED) is 0.313. The molecule has 1 heterocycles. The van der Waals surface area contributed by atoms with Crippen molar-refractivity contribution in [3.05, 3.63) is 97.9 Å². The first-order chi connectivity index (χ1) is 15.8. The Kier molecular flexibility index (Phi) is 6.76. The van der Waals surface area contributed by atoms with Crippen molar-refractivity contribution in [3.8, 4) is 5.75 Å². The van der Waals surface area contributed by atoms with E-state index in [1.54, 1.807) is 49.4 Å². The molecule has 33 heavy (non-hydrogen) atoms. The van der Waals surface area contributed by atoms with E-state index in [4.69, 9.17) is 4.74 Å². The van der Waals surface area contributed by atoms with Gasteiger partial charge in [0.1, 0.15) is 17.9 Å². The first kappa shape index (κ1) is 22.9. The van der Waals surface area contributed by atoms with Crippen LogP contribution >= 0.6 is 31.9 Å². The van der Waals surface area contributed by atoms with Gasteiger partial charge in [0.2, 0.25) is 0 Å². The Labute approximate surface area is 207 Å². The monoisotopic (exact) mass is 568 g/mol. The van der Waals surface area contributed by atoms with Crippen LogP contribution in [0.4, 0.5) is 10.5 Å². The van der Waals surface area contributed by atoms with Crippen LogP contribution in [0.5, 0.6) is 5.75 Å². The van der Waals surface area contributed by atoms with Gasteiger partial charge in [-0.1, -0.05) is 56.1 Å². The summed E-state index contributed by atoms with van der Waals surface area (Å²) in [7, 11) is 0. The summed E-state index contributed by atoms with van der Waals surface area (Å²) in [5, 5.41) is 2.24.